The first-order valence-corrected chi connectivity index (χ1v) is 8.23. The molecule has 0 fully saturated rings. The molecule has 2 aromatic heterocycles. The summed E-state index contributed by atoms with van der Waals surface area (Å²) >= 11 is 0. The first kappa shape index (κ1) is 17.0. The van der Waals surface area contributed by atoms with Gasteiger partial charge in [0, 0.05) is 17.5 Å². The lowest BCUT2D eigenvalue weighted by atomic mass is 9.93. The van der Waals surface area contributed by atoms with Gasteiger partial charge in [0.2, 0.25) is 5.76 Å². The Morgan fingerprint density at radius 2 is 2.12 bits per heavy atom. The Bertz CT molecular complexity index is 844. The summed E-state index contributed by atoms with van der Waals surface area (Å²) in [5, 5.41) is 4.26. The van der Waals surface area contributed by atoms with Crippen LogP contribution in [0, 0.1) is 13.8 Å². The molecule has 0 bridgehead atoms. The molecular formula is C18H20N2O5. The molecule has 0 unspecified atom stereocenters. The van der Waals surface area contributed by atoms with Crippen LogP contribution >= 0.6 is 0 Å². The number of hydrogen-bond donors (Lipinski definition) is 1. The van der Waals surface area contributed by atoms with Crippen molar-refractivity contribution < 1.29 is 23.2 Å². The maximum Gasteiger partial charge on any atom is 0.374 e. The van der Waals surface area contributed by atoms with Crippen molar-refractivity contribution in [1.82, 2.24) is 5.43 Å². The Kier molecular flexibility index (Phi) is 4.74. The van der Waals surface area contributed by atoms with Gasteiger partial charge in [-0.15, -0.1) is 0 Å². The maximum absolute atomic E-state index is 12.2. The summed E-state index contributed by atoms with van der Waals surface area (Å²) in [6.45, 7) is 5.55. The van der Waals surface area contributed by atoms with Gasteiger partial charge < -0.3 is 13.6 Å². The van der Waals surface area contributed by atoms with Crippen molar-refractivity contribution in [3.63, 3.8) is 0 Å². The van der Waals surface area contributed by atoms with Gasteiger partial charge in [-0.1, -0.05) is 0 Å². The normalized spacial score (nSPS) is 15.1. The Morgan fingerprint density at radius 1 is 1.32 bits per heavy atom. The van der Waals surface area contributed by atoms with E-state index in [2.05, 4.69) is 10.5 Å². The third kappa shape index (κ3) is 3.22. The molecule has 132 valence electrons. The van der Waals surface area contributed by atoms with Crippen molar-refractivity contribution >= 4 is 17.6 Å². The summed E-state index contributed by atoms with van der Waals surface area (Å²) in [5.74, 6) is 0.633. The van der Waals surface area contributed by atoms with E-state index in [1.807, 2.05) is 0 Å². The van der Waals surface area contributed by atoms with Gasteiger partial charge in [0.05, 0.1) is 24.1 Å². The molecule has 1 aliphatic carbocycles. The molecule has 25 heavy (non-hydrogen) atoms. The van der Waals surface area contributed by atoms with E-state index in [0.717, 1.165) is 18.4 Å². The summed E-state index contributed by atoms with van der Waals surface area (Å²) < 4.78 is 15.9. The number of carbonyl (C=O) groups excluding carboxylic acids is 2. The van der Waals surface area contributed by atoms with E-state index in [1.165, 1.54) is 6.26 Å². The molecule has 1 N–H and O–H groups in total. The van der Waals surface area contributed by atoms with E-state index >= 15 is 0 Å². The van der Waals surface area contributed by atoms with Gasteiger partial charge in [0.25, 0.3) is 5.91 Å². The summed E-state index contributed by atoms with van der Waals surface area (Å²) in [5.41, 5.74) is 5.19. The minimum absolute atomic E-state index is 0.207. The molecule has 0 aromatic carbocycles. The molecule has 0 spiro atoms. The van der Waals surface area contributed by atoms with Crippen LogP contribution in [-0.2, 0) is 11.2 Å². The zero-order chi connectivity index (χ0) is 18.0. The molecule has 0 atom stereocenters. The molecule has 0 radical (unpaired) electrons. The highest BCUT2D eigenvalue weighted by molar-refractivity contribution is 6.06. The minimum atomic E-state index is -0.480. The maximum atomic E-state index is 12.2. The van der Waals surface area contributed by atoms with Gasteiger partial charge >= 0.3 is 5.97 Å². The van der Waals surface area contributed by atoms with Crippen molar-refractivity contribution in [2.24, 2.45) is 5.10 Å². The van der Waals surface area contributed by atoms with Crippen LogP contribution in [0.2, 0.25) is 0 Å². The molecule has 2 aromatic rings. The number of amides is 1. The number of ether oxygens (including phenoxy) is 1. The molecule has 1 aliphatic rings. The second-order valence-electron chi connectivity index (χ2n) is 5.82. The number of rotatable bonds is 4. The fourth-order valence-electron chi connectivity index (χ4n) is 2.97. The van der Waals surface area contributed by atoms with Crippen molar-refractivity contribution in [2.45, 2.75) is 40.0 Å². The highest BCUT2D eigenvalue weighted by Gasteiger charge is 2.28. The Labute approximate surface area is 145 Å². The lowest BCUT2D eigenvalue weighted by Crippen LogP contribution is -2.22. The number of aryl methyl sites for hydroxylation is 2. The number of hydrazone groups is 1. The highest BCUT2D eigenvalue weighted by Crippen LogP contribution is 2.30. The molecule has 0 aliphatic heterocycles. The quantitative estimate of drug-likeness (QED) is 0.679. The first-order chi connectivity index (χ1) is 12.0. The lowest BCUT2D eigenvalue weighted by molar-refractivity contribution is 0.0486. The highest BCUT2D eigenvalue weighted by atomic mass is 16.5. The van der Waals surface area contributed by atoms with Crippen molar-refractivity contribution in [3.8, 4) is 0 Å². The monoisotopic (exact) mass is 344 g/mol. The summed E-state index contributed by atoms with van der Waals surface area (Å²) in [7, 11) is 0. The number of esters is 1. The molecular weight excluding hydrogens is 324 g/mol. The second kappa shape index (κ2) is 6.96. The predicted molar refractivity (Wildman–Crippen MR) is 89.8 cm³/mol. The zero-order valence-corrected chi connectivity index (χ0v) is 14.5. The van der Waals surface area contributed by atoms with Gasteiger partial charge in [0.15, 0.2) is 0 Å². The number of nitrogens with one attached hydrogen (secondary N) is 1. The molecule has 7 nitrogen and oxygen atoms in total. The molecule has 2 heterocycles. The summed E-state index contributed by atoms with van der Waals surface area (Å²) in [6.07, 6.45) is 3.72. The number of hydrogen-bond acceptors (Lipinski definition) is 6. The fourth-order valence-corrected chi connectivity index (χ4v) is 2.97. The number of fused-ring (bicyclic) bond motifs is 1. The van der Waals surface area contributed by atoms with Gasteiger partial charge in [0.1, 0.15) is 11.5 Å². The number of nitrogens with zero attached hydrogens (tertiary/aromatic N) is 1. The Morgan fingerprint density at radius 3 is 2.80 bits per heavy atom. The number of carbonyl (C=O) groups is 2. The molecule has 0 saturated heterocycles. The first-order valence-electron chi connectivity index (χ1n) is 8.23. The lowest BCUT2D eigenvalue weighted by Gasteiger charge is -2.13. The average molecular weight is 344 g/mol. The molecule has 0 saturated carbocycles. The van der Waals surface area contributed by atoms with E-state index in [4.69, 9.17) is 13.6 Å². The zero-order valence-electron chi connectivity index (χ0n) is 14.5. The standard InChI is InChI=1S/C18H20N2O5/c1-4-23-18(22)16-10(2)15-13(6-5-7-14(15)25-16)19-20-17(21)12-8-9-24-11(12)3/h8-9H,4-7H2,1-3H3,(H,20,21)/b19-13+. The van der Waals surface area contributed by atoms with Crippen molar-refractivity contribution in [1.29, 1.82) is 0 Å². The van der Waals surface area contributed by atoms with Crippen LogP contribution in [0.4, 0.5) is 0 Å². The fraction of sp³-hybridized carbons (Fsp3) is 0.389. The van der Waals surface area contributed by atoms with Crippen LogP contribution in [0.3, 0.4) is 0 Å². The van der Waals surface area contributed by atoms with Gasteiger partial charge in [-0.25, -0.2) is 10.2 Å². The van der Waals surface area contributed by atoms with Crippen LogP contribution in [0.5, 0.6) is 0 Å². The van der Waals surface area contributed by atoms with Crippen molar-refractivity contribution in [3.05, 3.63) is 46.3 Å². The second-order valence-corrected chi connectivity index (χ2v) is 5.82. The van der Waals surface area contributed by atoms with E-state index in [0.29, 0.717) is 34.8 Å². The van der Waals surface area contributed by atoms with Crippen LogP contribution < -0.4 is 5.43 Å². The summed E-state index contributed by atoms with van der Waals surface area (Å²) in [6, 6.07) is 1.60. The summed E-state index contributed by atoms with van der Waals surface area (Å²) in [4.78, 5) is 24.2. The van der Waals surface area contributed by atoms with Gasteiger partial charge in [-0.2, -0.15) is 5.10 Å². The Hall–Kier alpha value is -2.83. The predicted octanol–water partition coefficient (Wildman–Crippen LogP) is 3.14. The van der Waals surface area contributed by atoms with Gasteiger partial charge in [-0.3, -0.25) is 4.79 Å². The topological polar surface area (TPSA) is 94.0 Å². The van der Waals surface area contributed by atoms with Crippen LogP contribution in [-0.4, -0.2) is 24.2 Å². The van der Waals surface area contributed by atoms with Crippen molar-refractivity contribution in [2.75, 3.05) is 6.61 Å². The van der Waals surface area contributed by atoms with E-state index < -0.39 is 5.97 Å². The SMILES string of the molecule is CCOC(=O)c1oc2c(c1C)/C(=N/NC(=O)c1ccoc1C)CCC2. The van der Waals surface area contributed by atoms with E-state index in [-0.39, 0.29) is 18.3 Å². The minimum Gasteiger partial charge on any atom is -0.469 e. The third-order valence-corrected chi connectivity index (χ3v) is 4.18. The van der Waals surface area contributed by atoms with Crippen LogP contribution in [0.25, 0.3) is 0 Å². The average Bonchev–Trinajstić information content (AvgIpc) is 3.17. The Balaban J connectivity index is 1.87. The molecule has 3 rings (SSSR count). The molecule has 1 amide bonds. The van der Waals surface area contributed by atoms with Gasteiger partial charge in [-0.05, 0) is 39.7 Å². The largest absolute Gasteiger partial charge is 0.469 e. The van der Waals surface area contributed by atoms with E-state index in [9.17, 15) is 9.59 Å². The van der Waals surface area contributed by atoms with E-state index in [1.54, 1.807) is 26.8 Å². The van der Waals surface area contributed by atoms with Crippen LogP contribution in [0.1, 0.15) is 63.3 Å². The van der Waals surface area contributed by atoms with Crippen LogP contribution in [0.15, 0.2) is 26.3 Å². The number of furan rings is 2. The third-order valence-electron chi connectivity index (χ3n) is 4.18. The molecule has 7 heteroatoms. The smallest absolute Gasteiger partial charge is 0.374 e.